The molecule has 0 aromatic carbocycles. The van der Waals surface area contributed by atoms with E-state index in [0.29, 0.717) is 5.88 Å². The minimum Gasteiger partial charge on any atom is -0.475 e. The summed E-state index contributed by atoms with van der Waals surface area (Å²) < 4.78 is 5.45. The van der Waals surface area contributed by atoms with Gasteiger partial charge in [-0.1, -0.05) is 13.0 Å². The fourth-order valence-corrected chi connectivity index (χ4v) is 0.706. The highest BCUT2D eigenvalue weighted by atomic mass is 16.5. The molecule has 1 heterocycles. The van der Waals surface area contributed by atoms with E-state index in [1.165, 1.54) is 0 Å². The molecular weight excluding hydrogens is 138 g/mol. The van der Waals surface area contributed by atoms with Gasteiger partial charge in [0.05, 0.1) is 6.10 Å². The Morgan fingerprint density at radius 3 is 2.91 bits per heavy atom. The normalized spacial score (nSPS) is 12.5. The van der Waals surface area contributed by atoms with Crippen molar-refractivity contribution in [2.75, 3.05) is 0 Å². The average molecular weight is 151 g/mol. The summed E-state index contributed by atoms with van der Waals surface area (Å²) in [7, 11) is 0. The molecule has 1 atom stereocenters. The molecule has 0 saturated heterocycles. The summed E-state index contributed by atoms with van der Waals surface area (Å²) in [5, 5.41) is 0. The molecular formula is C9H13NO. The Labute approximate surface area is 67.2 Å². The van der Waals surface area contributed by atoms with Crippen LogP contribution in [0.15, 0.2) is 24.4 Å². The SMILES string of the molecule is CC[C@H](C)Oc1ccccn1. The highest BCUT2D eigenvalue weighted by Crippen LogP contribution is 2.07. The first-order chi connectivity index (χ1) is 5.33. The highest BCUT2D eigenvalue weighted by molar-refractivity contribution is 5.09. The standard InChI is InChI=1S/C9H13NO/c1-3-8(2)11-9-6-4-5-7-10-9/h4-8H,3H2,1-2H3/t8-/m0/s1. The van der Waals surface area contributed by atoms with Gasteiger partial charge in [-0.05, 0) is 19.4 Å². The van der Waals surface area contributed by atoms with Gasteiger partial charge in [0.15, 0.2) is 0 Å². The summed E-state index contributed by atoms with van der Waals surface area (Å²) >= 11 is 0. The molecule has 1 aromatic rings. The van der Waals surface area contributed by atoms with E-state index in [-0.39, 0.29) is 6.10 Å². The molecule has 0 unspecified atom stereocenters. The maximum absolute atomic E-state index is 5.45. The predicted octanol–water partition coefficient (Wildman–Crippen LogP) is 2.26. The molecule has 0 radical (unpaired) electrons. The molecule has 0 aliphatic heterocycles. The van der Waals surface area contributed by atoms with Gasteiger partial charge >= 0.3 is 0 Å². The van der Waals surface area contributed by atoms with Gasteiger partial charge in [0, 0.05) is 12.3 Å². The number of pyridine rings is 1. The van der Waals surface area contributed by atoms with E-state index in [1.54, 1.807) is 6.20 Å². The van der Waals surface area contributed by atoms with Crippen molar-refractivity contribution in [3.05, 3.63) is 24.4 Å². The van der Waals surface area contributed by atoms with E-state index >= 15 is 0 Å². The van der Waals surface area contributed by atoms with Crippen molar-refractivity contribution in [1.29, 1.82) is 0 Å². The lowest BCUT2D eigenvalue weighted by Gasteiger charge is -2.10. The zero-order valence-electron chi connectivity index (χ0n) is 6.95. The molecule has 1 rings (SSSR count). The van der Waals surface area contributed by atoms with E-state index in [4.69, 9.17) is 4.74 Å². The number of nitrogens with zero attached hydrogens (tertiary/aromatic N) is 1. The van der Waals surface area contributed by atoms with Gasteiger partial charge in [-0.2, -0.15) is 0 Å². The summed E-state index contributed by atoms with van der Waals surface area (Å²) in [6.45, 7) is 4.13. The first kappa shape index (κ1) is 8.05. The number of hydrogen-bond acceptors (Lipinski definition) is 2. The average Bonchev–Trinajstić information content (AvgIpc) is 2.06. The van der Waals surface area contributed by atoms with Crippen molar-refractivity contribution in [2.24, 2.45) is 0 Å². The molecule has 2 nitrogen and oxygen atoms in total. The molecule has 0 fully saturated rings. The van der Waals surface area contributed by atoms with Crippen LogP contribution in [-0.4, -0.2) is 11.1 Å². The summed E-state index contributed by atoms with van der Waals surface area (Å²) in [6.07, 6.45) is 3.00. The van der Waals surface area contributed by atoms with Gasteiger partial charge in [-0.3, -0.25) is 0 Å². The molecule has 0 N–H and O–H groups in total. The van der Waals surface area contributed by atoms with E-state index in [0.717, 1.165) is 6.42 Å². The topological polar surface area (TPSA) is 22.1 Å². The second-order valence-electron chi connectivity index (χ2n) is 2.50. The third kappa shape index (κ3) is 2.58. The van der Waals surface area contributed by atoms with Crippen molar-refractivity contribution in [3.63, 3.8) is 0 Å². The van der Waals surface area contributed by atoms with Crippen LogP contribution in [0.2, 0.25) is 0 Å². The van der Waals surface area contributed by atoms with Crippen LogP contribution in [-0.2, 0) is 0 Å². The number of aromatic nitrogens is 1. The maximum atomic E-state index is 5.45. The minimum atomic E-state index is 0.255. The monoisotopic (exact) mass is 151 g/mol. The minimum absolute atomic E-state index is 0.255. The highest BCUT2D eigenvalue weighted by Gasteiger charge is 1.99. The number of rotatable bonds is 3. The van der Waals surface area contributed by atoms with E-state index in [2.05, 4.69) is 11.9 Å². The molecule has 0 aliphatic rings. The van der Waals surface area contributed by atoms with Crippen LogP contribution in [0.3, 0.4) is 0 Å². The first-order valence-electron chi connectivity index (χ1n) is 3.90. The van der Waals surface area contributed by atoms with Crippen molar-refractivity contribution < 1.29 is 4.74 Å². The van der Waals surface area contributed by atoms with Crippen LogP contribution < -0.4 is 4.74 Å². The van der Waals surface area contributed by atoms with Crippen LogP contribution >= 0.6 is 0 Å². The van der Waals surface area contributed by atoms with Crippen molar-refractivity contribution in [2.45, 2.75) is 26.4 Å². The van der Waals surface area contributed by atoms with Crippen LogP contribution in [0, 0.1) is 0 Å². The number of ether oxygens (including phenoxy) is 1. The summed E-state index contributed by atoms with van der Waals surface area (Å²) in [5.41, 5.74) is 0. The van der Waals surface area contributed by atoms with Crippen LogP contribution in [0.25, 0.3) is 0 Å². The third-order valence-corrected chi connectivity index (χ3v) is 1.53. The summed E-state index contributed by atoms with van der Waals surface area (Å²) in [4.78, 5) is 4.04. The molecule has 0 saturated carbocycles. The predicted molar refractivity (Wildman–Crippen MR) is 44.6 cm³/mol. The molecule has 11 heavy (non-hydrogen) atoms. The van der Waals surface area contributed by atoms with Gasteiger partial charge in [0.1, 0.15) is 0 Å². The van der Waals surface area contributed by atoms with E-state index in [1.807, 2.05) is 25.1 Å². The van der Waals surface area contributed by atoms with Gasteiger partial charge < -0.3 is 4.74 Å². The Morgan fingerprint density at radius 2 is 2.36 bits per heavy atom. The second-order valence-corrected chi connectivity index (χ2v) is 2.50. The van der Waals surface area contributed by atoms with Gasteiger partial charge in [-0.15, -0.1) is 0 Å². The molecule has 1 aromatic heterocycles. The Hall–Kier alpha value is -1.05. The largest absolute Gasteiger partial charge is 0.475 e. The Kier molecular flexibility index (Phi) is 2.90. The summed E-state index contributed by atoms with van der Waals surface area (Å²) in [6, 6.07) is 5.67. The lowest BCUT2D eigenvalue weighted by molar-refractivity contribution is 0.208. The lowest BCUT2D eigenvalue weighted by atomic mass is 10.3. The number of hydrogen-bond donors (Lipinski definition) is 0. The van der Waals surface area contributed by atoms with E-state index < -0.39 is 0 Å². The first-order valence-corrected chi connectivity index (χ1v) is 3.90. The zero-order chi connectivity index (χ0) is 8.10. The molecule has 0 spiro atoms. The molecule has 60 valence electrons. The van der Waals surface area contributed by atoms with Gasteiger partial charge in [0.25, 0.3) is 0 Å². The van der Waals surface area contributed by atoms with Crippen LogP contribution in [0.1, 0.15) is 20.3 Å². The van der Waals surface area contributed by atoms with Crippen molar-refractivity contribution >= 4 is 0 Å². The second kappa shape index (κ2) is 3.96. The third-order valence-electron chi connectivity index (χ3n) is 1.53. The van der Waals surface area contributed by atoms with Crippen molar-refractivity contribution in [1.82, 2.24) is 4.98 Å². The molecule has 0 bridgehead atoms. The summed E-state index contributed by atoms with van der Waals surface area (Å²) in [5.74, 6) is 0.710. The molecule has 2 heteroatoms. The van der Waals surface area contributed by atoms with Gasteiger partial charge in [-0.25, -0.2) is 4.98 Å². The fourth-order valence-electron chi connectivity index (χ4n) is 0.706. The maximum Gasteiger partial charge on any atom is 0.213 e. The van der Waals surface area contributed by atoms with Crippen LogP contribution in [0.4, 0.5) is 0 Å². The quantitative estimate of drug-likeness (QED) is 0.661. The lowest BCUT2D eigenvalue weighted by Crippen LogP contribution is -2.10. The molecule has 0 aliphatic carbocycles. The zero-order valence-corrected chi connectivity index (χ0v) is 6.95. The van der Waals surface area contributed by atoms with Gasteiger partial charge in [0.2, 0.25) is 5.88 Å². The Morgan fingerprint density at radius 1 is 1.55 bits per heavy atom. The van der Waals surface area contributed by atoms with Crippen LogP contribution in [0.5, 0.6) is 5.88 Å². The molecule has 0 amide bonds. The fraction of sp³-hybridized carbons (Fsp3) is 0.444. The van der Waals surface area contributed by atoms with E-state index in [9.17, 15) is 0 Å². The smallest absolute Gasteiger partial charge is 0.213 e. The Balaban J connectivity index is 2.51. The van der Waals surface area contributed by atoms with Crippen molar-refractivity contribution in [3.8, 4) is 5.88 Å². The Bertz CT molecular complexity index is 198.